The third kappa shape index (κ3) is 6.74. The predicted molar refractivity (Wildman–Crippen MR) is 93.6 cm³/mol. The summed E-state index contributed by atoms with van der Waals surface area (Å²) < 4.78 is 10.7. The van der Waals surface area contributed by atoms with Gasteiger partial charge < -0.3 is 19.9 Å². The molecular formula is C19H27NO5. The number of amides is 1. The molecule has 0 radical (unpaired) electrons. The summed E-state index contributed by atoms with van der Waals surface area (Å²) in [6.07, 6.45) is 2.60. The van der Waals surface area contributed by atoms with Crippen LogP contribution in [0.25, 0.3) is 0 Å². The Morgan fingerprint density at radius 2 is 1.96 bits per heavy atom. The summed E-state index contributed by atoms with van der Waals surface area (Å²) in [4.78, 5) is 23.5. The maximum atomic E-state index is 12.0. The molecule has 138 valence electrons. The zero-order valence-electron chi connectivity index (χ0n) is 14.7. The number of carbonyl (C=O) groups excluding carboxylic acids is 1. The van der Waals surface area contributed by atoms with Gasteiger partial charge in [-0.05, 0) is 49.8 Å². The SMILES string of the molecule is CCOc1ccc(CC(CNC(=O)CC2CCOCC2)C(=O)O)cc1. The molecule has 1 amide bonds. The molecule has 1 fully saturated rings. The smallest absolute Gasteiger partial charge is 0.308 e. The number of ether oxygens (including phenoxy) is 2. The third-order valence-electron chi connectivity index (χ3n) is 4.43. The van der Waals surface area contributed by atoms with Crippen molar-refractivity contribution >= 4 is 11.9 Å². The summed E-state index contributed by atoms with van der Waals surface area (Å²) in [6.45, 7) is 4.05. The van der Waals surface area contributed by atoms with Gasteiger partial charge in [-0.25, -0.2) is 0 Å². The van der Waals surface area contributed by atoms with Crippen molar-refractivity contribution in [3.8, 4) is 5.75 Å². The van der Waals surface area contributed by atoms with Crippen LogP contribution in [0.1, 0.15) is 31.7 Å². The van der Waals surface area contributed by atoms with E-state index in [2.05, 4.69) is 5.32 Å². The van der Waals surface area contributed by atoms with E-state index in [9.17, 15) is 14.7 Å². The van der Waals surface area contributed by atoms with Crippen LogP contribution in [-0.4, -0.2) is 43.3 Å². The lowest BCUT2D eigenvalue weighted by Crippen LogP contribution is -2.35. The van der Waals surface area contributed by atoms with Gasteiger partial charge in [0.1, 0.15) is 5.75 Å². The Morgan fingerprint density at radius 1 is 1.28 bits per heavy atom. The van der Waals surface area contributed by atoms with Crippen molar-refractivity contribution in [2.45, 2.75) is 32.6 Å². The lowest BCUT2D eigenvalue weighted by Gasteiger charge is -2.21. The summed E-state index contributed by atoms with van der Waals surface area (Å²) in [5.41, 5.74) is 0.912. The lowest BCUT2D eigenvalue weighted by atomic mass is 9.95. The fourth-order valence-corrected chi connectivity index (χ4v) is 2.94. The molecule has 1 heterocycles. The van der Waals surface area contributed by atoms with Crippen LogP contribution >= 0.6 is 0 Å². The molecule has 1 aliphatic rings. The fraction of sp³-hybridized carbons (Fsp3) is 0.579. The molecule has 6 heteroatoms. The third-order valence-corrected chi connectivity index (χ3v) is 4.43. The van der Waals surface area contributed by atoms with E-state index in [1.54, 1.807) is 0 Å². The maximum Gasteiger partial charge on any atom is 0.308 e. The minimum atomic E-state index is -0.903. The van der Waals surface area contributed by atoms with Gasteiger partial charge in [-0.2, -0.15) is 0 Å². The van der Waals surface area contributed by atoms with E-state index in [0.29, 0.717) is 38.6 Å². The second-order valence-electron chi connectivity index (χ2n) is 6.38. The standard InChI is InChI=1S/C19H27NO5/c1-2-25-17-5-3-14(4-6-17)11-16(19(22)23)13-20-18(21)12-15-7-9-24-10-8-15/h3-6,15-16H,2,7-13H2,1H3,(H,20,21)(H,22,23). The first-order valence-electron chi connectivity index (χ1n) is 8.87. The highest BCUT2D eigenvalue weighted by atomic mass is 16.5. The van der Waals surface area contributed by atoms with Crippen LogP contribution in [0.4, 0.5) is 0 Å². The summed E-state index contributed by atoms with van der Waals surface area (Å²) in [6, 6.07) is 7.40. The van der Waals surface area contributed by atoms with Gasteiger partial charge in [0.25, 0.3) is 0 Å². The minimum Gasteiger partial charge on any atom is -0.494 e. The minimum absolute atomic E-state index is 0.0788. The number of carboxylic acid groups (broad SMARTS) is 1. The first-order chi connectivity index (χ1) is 12.1. The molecule has 2 rings (SSSR count). The highest BCUT2D eigenvalue weighted by Crippen LogP contribution is 2.18. The normalized spacial score (nSPS) is 16.2. The van der Waals surface area contributed by atoms with Crippen molar-refractivity contribution in [2.75, 3.05) is 26.4 Å². The van der Waals surface area contributed by atoms with E-state index in [4.69, 9.17) is 9.47 Å². The van der Waals surface area contributed by atoms with Gasteiger partial charge in [0.15, 0.2) is 0 Å². The molecule has 25 heavy (non-hydrogen) atoms. The molecule has 1 atom stereocenters. The number of aliphatic carboxylic acids is 1. The van der Waals surface area contributed by atoms with Crippen LogP contribution in [0, 0.1) is 11.8 Å². The van der Waals surface area contributed by atoms with E-state index in [0.717, 1.165) is 24.2 Å². The Balaban J connectivity index is 1.81. The van der Waals surface area contributed by atoms with Crippen LogP contribution in [0.2, 0.25) is 0 Å². The largest absolute Gasteiger partial charge is 0.494 e. The van der Waals surface area contributed by atoms with E-state index in [1.807, 2.05) is 31.2 Å². The molecule has 1 aromatic carbocycles. The predicted octanol–water partition coefficient (Wildman–Crippen LogP) is 2.26. The highest BCUT2D eigenvalue weighted by molar-refractivity contribution is 5.77. The van der Waals surface area contributed by atoms with Gasteiger partial charge in [0, 0.05) is 26.2 Å². The Labute approximate surface area is 148 Å². The summed E-state index contributed by atoms with van der Waals surface area (Å²) >= 11 is 0. The van der Waals surface area contributed by atoms with Crippen LogP contribution in [0.3, 0.4) is 0 Å². The molecule has 1 aromatic rings. The van der Waals surface area contributed by atoms with Crippen molar-refractivity contribution in [2.24, 2.45) is 11.8 Å². The maximum absolute atomic E-state index is 12.0. The van der Waals surface area contributed by atoms with Gasteiger partial charge in [0.2, 0.25) is 5.91 Å². The summed E-state index contributed by atoms with van der Waals surface area (Å²) in [5, 5.41) is 12.2. The van der Waals surface area contributed by atoms with Crippen LogP contribution in [0.5, 0.6) is 5.75 Å². The zero-order chi connectivity index (χ0) is 18.1. The average Bonchev–Trinajstić information content (AvgIpc) is 2.61. The van der Waals surface area contributed by atoms with Crippen LogP contribution in [0.15, 0.2) is 24.3 Å². The van der Waals surface area contributed by atoms with Gasteiger partial charge >= 0.3 is 5.97 Å². The molecule has 6 nitrogen and oxygen atoms in total. The van der Waals surface area contributed by atoms with Crippen molar-refractivity contribution in [1.29, 1.82) is 0 Å². The molecular weight excluding hydrogens is 322 g/mol. The number of rotatable bonds is 9. The van der Waals surface area contributed by atoms with Crippen LogP contribution < -0.4 is 10.1 Å². The first kappa shape index (κ1) is 19.2. The number of hydrogen-bond acceptors (Lipinski definition) is 4. The Hall–Kier alpha value is -2.08. The first-order valence-corrected chi connectivity index (χ1v) is 8.87. The monoisotopic (exact) mass is 349 g/mol. The highest BCUT2D eigenvalue weighted by Gasteiger charge is 2.21. The molecule has 1 saturated heterocycles. The number of benzene rings is 1. The van der Waals surface area contributed by atoms with Crippen molar-refractivity contribution < 1.29 is 24.2 Å². The average molecular weight is 349 g/mol. The quantitative estimate of drug-likeness (QED) is 0.714. The molecule has 0 aliphatic carbocycles. The van der Waals surface area contributed by atoms with E-state index in [1.165, 1.54) is 0 Å². The molecule has 0 spiro atoms. The summed E-state index contributed by atoms with van der Waals surface area (Å²) in [7, 11) is 0. The van der Waals surface area contributed by atoms with E-state index >= 15 is 0 Å². The molecule has 2 N–H and O–H groups in total. The Kier molecular flexibility index (Phi) is 7.73. The van der Waals surface area contributed by atoms with Crippen LogP contribution in [-0.2, 0) is 20.7 Å². The number of carbonyl (C=O) groups is 2. The van der Waals surface area contributed by atoms with Crippen molar-refractivity contribution in [3.05, 3.63) is 29.8 Å². The molecule has 0 aromatic heterocycles. The van der Waals surface area contributed by atoms with Gasteiger partial charge in [0.05, 0.1) is 12.5 Å². The summed E-state index contributed by atoms with van der Waals surface area (Å²) in [5.74, 6) is -0.521. The molecule has 1 unspecified atom stereocenters. The van der Waals surface area contributed by atoms with Gasteiger partial charge in [-0.3, -0.25) is 9.59 Å². The second kappa shape index (κ2) is 10.0. The number of hydrogen-bond donors (Lipinski definition) is 2. The van der Waals surface area contributed by atoms with Gasteiger partial charge in [-0.1, -0.05) is 12.1 Å². The molecule has 1 aliphatic heterocycles. The Bertz CT molecular complexity index is 551. The Morgan fingerprint density at radius 3 is 2.56 bits per heavy atom. The number of carboxylic acids is 1. The van der Waals surface area contributed by atoms with Crippen molar-refractivity contribution in [3.63, 3.8) is 0 Å². The molecule has 0 bridgehead atoms. The van der Waals surface area contributed by atoms with E-state index in [-0.39, 0.29) is 12.5 Å². The number of nitrogens with one attached hydrogen (secondary N) is 1. The topological polar surface area (TPSA) is 84.9 Å². The molecule has 0 saturated carbocycles. The van der Waals surface area contributed by atoms with Crippen molar-refractivity contribution in [1.82, 2.24) is 5.32 Å². The van der Waals surface area contributed by atoms with E-state index < -0.39 is 11.9 Å². The zero-order valence-corrected chi connectivity index (χ0v) is 14.7. The fourth-order valence-electron chi connectivity index (χ4n) is 2.94. The lowest BCUT2D eigenvalue weighted by molar-refractivity contribution is -0.141. The van der Waals surface area contributed by atoms with Gasteiger partial charge in [-0.15, -0.1) is 0 Å². The second-order valence-corrected chi connectivity index (χ2v) is 6.38.